The van der Waals surface area contributed by atoms with Gasteiger partial charge in [-0.2, -0.15) is 0 Å². The summed E-state index contributed by atoms with van der Waals surface area (Å²) in [6.45, 7) is 2.77. The maximum absolute atomic E-state index is 12.8. The van der Waals surface area contributed by atoms with Gasteiger partial charge in [0.25, 0.3) is 0 Å². The van der Waals surface area contributed by atoms with E-state index in [0.717, 1.165) is 50.0 Å². The van der Waals surface area contributed by atoms with Gasteiger partial charge in [-0.3, -0.25) is 4.79 Å². The summed E-state index contributed by atoms with van der Waals surface area (Å²) in [5.41, 5.74) is 2.06. The Labute approximate surface area is 180 Å². The van der Waals surface area contributed by atoms with Crippen LogP contribution in [0.25, 0.3) is 6.08 Å². The zero-order chi connectivity index (χ0) is 21.1. The van der Waals surface area contributed by atoms with Crippen molar-refractivity contribution in [3.8, 4) is 5.75 Å². The lowest BCUT2D eigenvalue weighted by Gasteiger charge is -2.44. The molecular formula is C24H24ClNO4. The van der Waals surface area contributed by atoms with Gasteiger partial charge < -0.3 is 14.7 Å². The molecule has 4 rings (SSSR count). The number of nitrogens with zero attached hydrogens (tertiary/aromatic N) is 1. The molecule has 1 fully saturated rings. The van der Waals surface area contributed by atoms with E-state index in [9.17, 15) is 9.59 Å². The fourth-order valence-electron chi connectivity index (χ4n) is 4.18. The minimum Gasteiger partial charge on any atom is -0.486 e. The number of carboxylic acids is 1. The molecule has 0 radical (unpaired) electrons. The zero-order valence-corrected chi connectivity index (χ0v) is 17.4. The van der Waals surface area contributed by atoms with Crippen molar-refractivity contribution in [3.63, 3.8) is 0 Å². The van der Waals surface area contributed by atoms with Crippen molar-refractivity contribution in [1.29, 1.82) is 0 Å². The molecule has 1 N–H and O–H groups in total. The fraction of sp³-hybridized carbons (Fsp3) is 0.333. The van der Waals surface area contributed by atoms with Crippen LogP contribution < -0.4 is 4.74 Å². The van der Waals surface area contributed by atoms with Crippen LogP contribution in [0, 0.1) is 0 Å². The molecule has 2 heterocycles. The third-order valence-electron chi connectivity index (χ3n) is 5.93. The van der Waals surface area contributed by atoms with Gasteiger partial charge in [-0.15, -0.1) is 0 Å². The molecule has 0 unspecified atom stereocenters. The predicted octanol–water partition coefficient (Wildman–Crippen LogP) is 4.48. The number of ketones is 1. The number of carbonyl (C=O) groups excluding carboxylic acids is 1. The summed E-state index contributed by atoms with van der Waals surface area (Å²) in [6, 6.07) is 13.2. The average Bonchev–Trinajstić information content (AvgIpc) is 2.73. The van der Waals surface area contributed by atoms with Gasteiger partial charge in [0.1, 0.15) is 11.4 Å². The second-order valence-corrected chi connectivity index (χ2v) is 8.47. The molecule has 0 atom stereocenters. The molecule has 2 aromatic rings. The molecule has 0 bridgehead atoms. The molecule has 5 nitrogen and oxygen atoms in total. The van der Waals surface area contributed by atoms with E-state index in [0.29, 0.717) is 23.3 Å². The van der Waals surface area contributed by atoms with Crippen molar-refractivity contribution in [2.75, 3.05) is 19.6 Å². The average molecular weight is 426 g/mol. The normalized spacial score (nSPS) is 18.4. The number of ether oxygens (including phenoxy) is 1. The van der Waals surface area contributed by atoms with E-state index in [4.69, 9.17) is 21.4 Å². The molecule has 2 aliphatic heterocycles. The fourth-order valence-corrected chi connectivity index (χ4v) is 4.31. The van der Waals surface area contributed by atoms with E-state index in [1.807, 2.05) is 12.1 Å². The number of aliphatic carboxylic acids is 1. The summed E-state index contributed by atoms with van der Waals surface area (Å²) in [4.78, 5) is 26.0. The van der Waals surface area contributed by atoms with Crippen LogP contribution in [0.2, 0.25) is 5.02 Å². The number of rotatable bonds is 5. The number of carbonyl (C=O) groups is 2. The number of Topliss-reactive ketones (excluding diaryl/α,β-unsaturated/α-hetero) is 1. The Morgan fingerprint density at radius 2 is 1.90 bits per heavy atom. The number of piperidine rings is 1. The van der Waals surface area contributed by atoms with Crippen LogP contribution in [0.3, 0.4) is 0 Å². The highest BCUT2D eigenvalue weighted by Crippen LogP contribution is 2.39. The van der Waals surface area contributed by atoms with Crippen molar-refractivity contribution in [2.24, 2.45) is 0 Å². The molecule has 0 aliphatic carbocycles. The second kappa shape index (κ2) is 8.62. The lowest BCUT2D eigenvalue weighted by atomic mass is 9.82. The molecule has 0 saturated carbocycles. The molecule has 30 heavy (non-hydrogen) atoms. The Bertz CT molecular complexity index is 975. The Hall–Kier alpha value is -2.63. The topological polar surface area (TPSA) is 66.8 Å². The Morgan fingerprint density at radius 3 is 2.60 bits per heavy atom. The molecule has 1 saturated heterocycles. The number of benzene rings is 2. The Balaban J connectivity index is 1.37. The predicted molar refractivity (Wildman–Crippen MR) is 116 cm³/mol. The lowest BCUT2D eigenvalue weighted by Crippen LogP contribution is -2.51. The molecule has 0 amide bonds. The monoisotopic (exact) mass is 425 g/mol. The first-order valence-corrected chi connectivity index (χ1v) is 10.5. The number of halogens is 1. The first kappa shape index (κ1) is 20.6. The summed E-state index contributed by atoms with van der Waals surface area (Å²) >= 11 is 5.95. The maximum Gasteiger partial charge on any atom is 0.328 e. The van der Waals surface area contributed by atoms with Crippen molar-refractivity contribution >= 4 is 29.4 Å². The third kappa shape index (κ3) is 4.74. The van der Waals surface area contributed by atoms with E-state index in [2.05, 4.69) is 17.0 Å². The number of hydrogen-bond acceptors (Lipinski definition) is 4. The molecule has 1 spiro atoms. The van der Waals surface area contributed by atoms with E-state index in [-0.39, 0.29) is 5.78 Å². The standard InChI is InChI=1S/C24H24ClNO4/c25-19-5-1-17(2-6-19)9-12-26-13-10-24(11-14-26)16-21(27)20-15-18(4-8-23(28)29)3-7-22(20)30-24/h1-8,15H,9-14,16H2,(H,28,29). The van der Waals surface area contributed by atoms with Gasteiger partial charge in [-0.05, 0) is 47.9 Å². The number of carboxylic acid groups (broad SMARTS) is 1. The van der Waals surface area contributed by atoms with Gasteiger partial charge in [0.05, 0.1) is 12.0 Å². The van der Waals surface area contributed by atoms with Crippen LogP contribution >= 0.6 is 11.6 Å². The van der Waals surface area contributed by atoms with Crippen molar-refractivity contribution in [2.45, 2.75) is 31.3 Å². The largest absolute Gasteiger partial charge is 0.486 e. The highest BCUT2D eigenvalue weighted by Gasteiger charge is 2.42. The minimum atomic E-state index is -1.02. The summed E-state index contributed by atoms with van der Waals surface area (Å²) in [6.07, 6.45) is 5.53. The second-order valence-electron chi connectivity index (χ2n) is 8.03. The van der Waals surface area contributed by atoms with Gasteiger partial charge in [0.15, 0.2) is 5.78 Å². The van der Waals surface area contributed by atoms with Crippen LogP contribution in [-0.2, 0) is 11.2 Å². The molecular weight excluding hydrogens is 402 g/mol. The van der Waals surface area contributed by atoms with E-state index >= 15 is 0 Å². The van der Waals surface area contributed by atoms with E-state index < -0.39 is 11.6 Å². The van der Waals surface area contributed by atoms with Crippen LogP contribution in [-0.4, -0.2) is 47.0 Å². The number of likely N-dealkylation sites (tertiary alicyclic amines) is 1. The summed E-state index contributed by atoms with van der Waals surface area (Å²) in [5.74, 6) is -0.346. The number of fused-ring (bicyclic) bond motifs is 1. The van der Waals surface area contributed by atoms with Gasteiger partial charge in [0, 0.05) is 43.6 Å². The summed E-state index contributed by atoms with van der Waals surface area (Å²) in [7, 11) is 0. The smallest absolute Gasteiger partial charge is 0.328 e. The van der Waals surface area contributed by atoms with Crippen molar-refractivity contribution < 1.29 is 19.4 Å². The van der Waals surface area contributed by atoms with Crippen LogP contribution in [0.1, 0.15) is 40.7 Å². The molecule has 6 heteroatoms. The number of hydrogen-bond donors (Lipinski definition) is 1. The van der Waals surface area contributed by atoms with Gasteiger partial charge >= 0.3 is 5.97 Å². The molecule has 2 aromatic carbocycles. The van der Waals surface area contributed by atoms with Crippen molar-refractivity contribution in [1.82, 2.24) is 4.90 Å². The van der Waals surface area contributed by atoms with Gasteiger partial charge in [0.2, 0.25) is 0 Å². The van der Waals surface area contributed by atoms with E-state index in [1.165, 1.54) is 11.6 Å². The van der Waals surface area contributed by atoms with Crippen LogP contribution in [0.15, 0.2) is 48.5 Å². The van der Waals surface area contributed by atoms with Gasteiger partial charge in [-0.25, -0.2) is 4.79 Å². The molecule has 0 aromatic heterocycles. The van der Waals surface area contributed by atoms with Crippen molar-refractivity contribution in [3.05, 3.63) is 70.3 Å². The summed E-state index contributed by atoms with van der Waals surface area (Å²) < 4.78 is 6.33. The first-order valence-electron chi connectivity index (χ1n) is 10.2. The summed E-state index contributed by atoms with van der Waals surface area (Å²) in [5, 5.41) is 9.53. The molecule has 156 valence electrons. The lowest BCUT2D eigenvalue weighted by molar-refractivity contribution is -0.131. The quantitative estimate of drug-likeness (QED) is 0.715. The Morgan fingerprint density at radius 1 is 1.17 bits per heavy atom. The van der Waals surface area contributed by atoms with E-state index in [1.54, 1.807) is 18.2 Å². The maximum atomic E-state index is 12.8. The highest BCUT2D eigenvalue weighted by molar-refractivity contribution is 6.30. The molecule has 2 aliphatic rings. The Kier molecular flexibility index (Phi) is 5.93. The third-order valence-corrected chi connectivity index (χ3v) is 6.18. The van der Waals surface area contributed by atoms with Crippen LogP contribution in [0.4, 0.5) is 0 Å². The SMILES string of the molecule is O=C(O)C=Cc1ccc2c(c1)C(=O)CC1(CCN(CCc3ccc(Cl)cc3)CC1)O2. The first-order chi connectivity index (χ1) is 14.4. The highest BCUT2D eigenvalue weighted by atomic mass is 35.5. The van der Waals surface area contributed by atoms with Gasteiger partial charge in [-0.1, -0.05) is 29.8 Å². The zero-order valence-electron chi connectivity index (χ0n) is 16.6. The minimum absolute atomic E-state index is 0.0661. The van der Waals surface area contributed by atoms with Crippen LogP contribution in [0.5, 0.6) is 5.75 Å².